The van der Waals surface area contributed by atoms with Gasteiger partial charge in [0.05, 0.1) is 17.8 Å². The molecule has 2 aliphatic carbocycles. The zero-order valence-corrected chi connectivity index (χ0v) is 15.4. The molecule has 5 nitrogen and oxygen atoms in total. The maximum Gasteiger partial charge on any atom is 0.251 e. The van der Waals surface area contributed by atoms with Gasteiger partial charge in [-0.25, -0.2) is 0 Å². The Balaban J connectivity index is 1.36. The summed E-state index contributed by atoms with van der Waals surface area (Å²) in [5.41, 5.74) is 1.26. The lowest BCUT2D eigenvalue weighted by molar-refractivity contribution is 0.0926. The molecule has 2 aliphatic rings. The van der Waals surface area contributed by atoms with Gasteiger partial charge in [-0.15, -0.1) is 0 Å². The van der Waals surface area contributed by atoms with E-state index in [1.807, 2.05) is 10.9 Å². The Hall–Kier alpha value is -2.32. The minimum atomic E-state index is -0.0271. The molecule has 5 atom stereocenters. The number of benzene rings is 1. The fourth-order valence-corrected chi connectivity index (χ4v) is 4.72. The highest BCUT2D eigenvalue weighted by Crippen LogP contribution is 2.62. The number of nitrogens with one attached hydrogen (secondary N) is 1. The van der Waals surface area contributed by atoms with Gasteiger partial charge < -0.3 is 5.32 Å². The number of halogens is 1. The first-order chi connectivity index (χ1) is 12.6. The molecule has 0 bridgehead atoms. The summed E-state index contributed by atoms with van der Waals surface area (Å²) in [6, 6.07) is 9.73. The lowest BCUT2D eigenvalue weighted by atomic mass is 9.99. The average molecular weight is 369 g/mol. The molecule has 0 aliphatic heterocycles. The van der Waals surface area contributed by atoms with Gasteiger partial charge in [-0.05, 0) is 61.3 Å². The van der Waals surface area contributed by atoms with E-state index in [1.165, 1.54) is 0 Å². The quantitative estimate of drug-likeness (QED) is 0.872. The van der Waals surface area contributed by atoms with Crippen molar-refractivity contribution in [2.75, 3.05) is 0 Å². The molecule has 6 heteroatoms. The summed E-state index contributed by atoms with van der Waals surface area (Å²) < 4.78 is 1.94. The Kier molecular flexibility index (Phi) is 4.46. The fourth-order valence-electron chi connectivity index (χ4n) is 4.59. The third kappa shape index (κ3) is 3.10. The summed E-state index contributed by atoms with van der Waals surface area (Å²) >= 11 is 5.89. The van der Waals surface area contributed by atoms with Gasteiger partial charge in [0.2, 0.25) is 0 Å². The number of amides is 1. The molecule has 4 rings (SSSR count). The van der Waals surface area contributed by atoms with E-state index >= 15 is 0 Å². The number of aromatic nitrogens is 2. The van der Waals surface area contributed by atoms with Crippen LogP contribution in [0.15, 0.2) is 36.7 Å². The van der Waals surface area contributed by atoms with Crippen molar-refractivity contribution in [1.82, 2.24) is 15.1 Å². The summed E-state index contributed by atoms with van der Waals surface area (Å²) in [6.45, 7) is 2.13. The number of nitriles is 1. The molecule has 1 amide bonds. The SMILES string of the molecule is CC[C@@H](NC(=O)c1ccc(Cl)cc1)C1[C@H]2CC(n3cc(C#N)cn3)C[C@@H]12. The Bertz CT molecular complexity index is 841. The molecule has 0 spiro atoms. The van der Waals surface area contributed by atoms with Crippen molar-refractivity contribution in [3.05, 3.63) is 52.8 Å². The van der Waals surface area contributed by atoms with Gasteiger partial charge in [0.1, 0.15) is 6.07 Å². The molecule has 2 saturated carbocycles. The zero-order chi connectivity index (χ0) is 18.3. The molecule has 2 unspecified atom stereocenters. The normalized spacial score (nSPS) is 27.4. The second-order valence-corrected chi connectivity index (χ2v) is 7.78. The van der Waals surface area contributed by atoms with E-state index in [0.29, 0.717) is 39.9 Å². The number of hydrogen-bond donors (Lipinski definition) is 1. The summed E-state index contributed by atoms with van der Waals surface area (Å²) in [4.78, 5) is 12.5. The van der Waals surface area contributed by atoms with Crippen LogP contribution in [0.1, 0.15) is 48.1 Å². The Morgan fingerprint density at radius 1 is 1.38 bits per heavy atom. The highest BCUT2D eigenvalue weighted by atomic mass is 35.5. The molecular formula is C20H21ClN4O. The van der Waals surface area contributed by atoms with Crippen LogP contribution in [-0.2, 0) is 0 Å². The summed E-state index contributed by atoms with van der Waals surface area (Å²) in [6.07, 6.45) is 6.55. The third-order valence-corrected chi connectivity index (χ3v) is 6.17. The largest absolute Gasteiger partial charge is 0.349 e. The Labute approximate surface area is 158 Å². The van der Waals surface area contributed by atoms with Gasteiger partial charge in [0.25, 0.3) is 5.91 Å². The second-order valence-electron chi connectivity index (χ2n) is 7.35. The topological polar surface area (TPSA) is 70.7 Å². The first kappa shape index (κ1) is 17.1. The van der Waals surface area contributed by atoms with Crippen molar-refractivity contribution < 1.29 is 4.79 Å². The predicted octanol–water partition coefficient (Wildman–Crippen LogP) is 3.81. The summed E-state index contributed by atoms with van der Waals surface area (Å²) in [5, 5.41) is 17.1. The minimum Gasteiger partial charge on any atom is -0.349 e. The van der Waals surface area contributed by atoms with Crippen LogP contribution in [-0.4, -0.2) is 21.7 Å². The Morgan fingerprint density at radius 2 is 2.08 bits per heavy atom. The average Bonchev–Trinajstić information content (AvgIpc) is 3.04. The monoisotopic (exact) mass is 368 g/mol. The maximum atomic E-state index is 12.5. The molecule has 0 radical (unpaired) electrons. The first-order valence-electron chi connectivity index (χ1n) is 9.11. The van der Waals surface area contributed by atoms with Crippen LogP contribution in [0.3, 0.4) is 0 Å². The maximum absolute atomic E-state index is 12.5. The van der Waals surface area contributed by atoms with Crippen LogP contribution in [0.5, 0.6) is 0 Å². The van der Waals surface area contributed by atoms with Crippen LogP contribution in [0, 0.1) is 29.1 Å². The number of carbonyl (C=O) groups is 1. The van der Waals surface area contributed by atoms with E-state index in [-0.39, 0.29) is 11.9 Å². The summed E-state index contributed by atoms with van der Waals surface area (Å²) in [5.74, 6) is 1.81. The molecule has 1 heterocycles. The lowest BCUT2D eigenvalue weighted by Gasteiger charge is -2.21. The second kappa shape index (κ2) is 6.77. The van der Waals surface area contributed by atoms with Crippen molar-refractivity contribution in [3.8, 4) is 6.07 Å². The fraction of sp³-hybridized carbons (Fsp3) is 0.450. The van der Waals surface area contributed by atoms with Crippen molar-refractivity contribution >= 4 is 17.5 Å². The van der Waals surface area contributed by atoms with Crippen LogP contribution >= 0.6 is 11.6 Å². The number of carbonyl (C=O) groups excluding carboxylic acids is 1. The molecule has 26 heavy (non-hydrogen) atoms. The number of hydrogen-bond acceptors (Lipinski definition) is 3. The molecule has 0 saturated heterocycles. The van der Waals surface area contributed by atoms with Crippen LogP contribution in [0.2, 0.25) is 5.02 Å². The van der Waals surface area contributed by atoms with Gasteiger partial charge in [-0.1, -0.05) is 18.5 Å². The molecule has 1 aromatic carbocycles. The number of fused-ring (bicyclic) bond motifs is 1. The molecule has 1 N–H and O–H groups in total. The van der Waals surface area contributed by atoms with Gasteiger partial charge in [0, 0.05) is 22.8 Å². The third-order valence-electron chi connectivity index (χ3n) is 5.92. The molecule has 2 aromatic rings. The van der Waals surface area contributed by atoms with Crippen LogP contribution < -0.4 is 5.32 Å². The molecule has 2 fully saturated rings. The predicted molar refractivity (Wildman–Crippen MR) is 98.7 cm³/mol. The van der Waals surface area contributed by atoms with Gasteiger partial charge >= 0.3 is 0 Å². The zero-order valence-electron chi connectivity index (χ0n) is 14.6. The van der Waals surface area contributed by atoms with Gasteiger partial charge in [-0.2, -0.15) is 10.4 Å². The lowest BCUT2D eigenvalue weighted by Crippen LogP contribution is -2.37. The van der Waals surface area contributed by atoms with E-state index < -0.39 is 0 Å². The van der Waals surface area contributed by atoms with Gasteiger partial charge in [-0.3, -0.25) is 9.48 Å². The van der Waals surface area contributed by atoms with Crippen molar-refractivity contribution in [1.29, 1.82) is 5.26 Å². The molecule has 134 valence electrons. The first-order valence-corrected chi connectivity index (χ1v) is 9.49. The highest BCUT2D eigenvalue weighted by Gasteiger charge is 2.59. The van der Waals surface area contributed by atoms with Crippen molar-refractivity contribution in [3.63, 3.8) is 0 Å². The smallest absolute Gasteiger partial charge is 0.251 e. The minimum absolute atomic E-state index is 0.0271. The van der Waals surface area contributed by atoms with E-state index in [0.717, 1.165) is 19.3 Å². The molecular weight excluding hydrogens is 348 g/mol. The van der Waals surface area contributed by atoms with Gasteiger partial charge in [0.15, 0.2) is 0 Å². The number of nitrogens with zero attached hydrogens (tertiary/aromatic N) is 3. The van der Waals surface area contributed by atoms with Crippen molar-refractivity contribution in [2.45, 2.75) is 38.3 Å². The standard InChI is InChI=1S/C20H21ClN4O/c1-2-18(24-20(26)13-3-5-14(21)6-4-13)19-16-7-15(8-17(16)19)25-11-12(9-22)10-23-25/h3-6,10-11,15-19H,2,7-8H2,1H3,(H,24,26)/t15?,16-,17+,18-,19?/m1/s1. The van der Waals surface area contributed by atoms with Crippen LogP contribution in [0.4, 0.5) is 0 Å². The summed E-state index contributed by atoms with van der Waals surface area (Å²) in [7, 11) is 0. The van der Waals surface area contributed by atoms with E-state index in [1.54, 1.807) is 30.5 Å². The van der Waals surface area contributed by atoms with E-state index in [4.69, 9.17) is 16.9 Å². The van der Waals surface area contributed by atoms with E-state index in [2.05, 4.69) is 23.4 Å². The van der Waals surface area contributed by atoms with Crippen LogP contribution in [0.25, 0.3) is 0 Å². The highest BCUT2D eigenvalue weighted by molar-refractivity contribution is 6.30. The van der Waals surface area contributed by atoms with Crippen molar-refractivity contribution in [2.24, 2.45) is 17.8 Å². The van der Waals surface area contributed by atoms with E-state index in [9.17, 15) is 4.79 Å². The Morgan fingerprint density at radius 3 is 2.65 bits per heavy atom. The number of rotatable bonds is 5. The molecule has 1 aromatic heterocycles.